The van der Waals surface area contributed by atoms with Crippen LogP contribution in [0.5, 0.6) is 0 Å². The van der Waals surface area contributed by atoms with Gasteiger partial charge in [0.2, 0.25) is 0 Å². The summed E-state index contributed by atoms with van der Waals surface area (Å²) in [5.41, 5.74) is 0. The molecule has 0 heterocycles. The summed E-state index contributed by atoms with van der Waals surface area (Å²) in [6, 6.07) is 0. The number of allylic oxidation sites excluding steroid dienone is 4. The van der Waals surface area contributed by atoms with Crippen molar-refractivity contribution in [2.75, 3.05) is 0 Å². The van der Waals surface area contributed by atoms with E-state index in [-0.39, 0.29) is 6.42 Å². The second kappa shape index (κ2) is 17.0. The van der Waals surface area contributed by atoms with Crippen LogP contribution < -0.4 is 0 Å². The summed E-state index contributed by atoms with van der Waals surface area (Å²) in [4.78, 5) is 10.3. The highest BCUT2D eigenvalue weighted by atomic mass is 16.4. The topological polar surface area (TPSA) is 37.3 Å². The van der Waals surface area contributed by atoms with E-state index in [1.165, 1.54) is 57.8 Å². The zero-order valence-corrected chi connectivity index (χ0v) is 13.9. The van der Waals surface area contributed by atoms with Gasteiger partial charge in [-0.25, -0.2) is 0 Å². The maximum absolute atomic E-state index is 10.3. The van der Waals surface area contributed by atoms with Crippen molar-refractivity contribution in [1.29, 1.82) is 0 Å². The molecule has 0 saturated carbocycles. The Balaban J connectivity index is 3.13. The Hall–Kier alpha value is -1.05. The van der Waals surface area contributed by atoms with Crippen LogP contribution in [0.4, 0.5) is 0 Å². The number of carboxylic acids is 1. The molecule has 21 heavy (non-hydrogen) atoms. The smallest absolute Gasteiger partial charge is 0.303 e. The molecule has 0 aromatic heterocycles. The van der Waals surface area contributed by atoms with E-state index in [1.807, 2.05) is 0 Å². The maximum Gasteiger partial charge on any atom is 0.303 e. The molecule has 0 fully saturated rings. The second-order valence-corrected chi connectivity index (χ2v) is 5.72. The molecule has 0 atom stereocenters. The lowest BCUT2D eigenvalue weighted by Crippen LogP contribution is -1.92. The fourth-order valence-electron chi connectivity index (χ4n) is 2.22. The quantitative estimate of drug-likeness (QED) is 0.285. The van der Waals surface area contributed by atoms with E-state index in [0.717, 1.165) is 19.3 Å². The van der Waals surface area contributed by atoms with Crippen LogP contribution in [-0.2, 0) is 4.79 Å². The van der Waals surface area contributed by atoms with Crippen LogP contribution in [0.15, 0.2) is 24.3 Å². The van der Waals surface area contributed by atoms with Crippen LogP contribution in [0.2, 0.25) is 0 Å². The lowest BCUT2D eigenvalue weighted by Gasteiger charge is -1.98. The van der Waals surface area contributed by atoms with E-state index in [0.29, 0.717) is 0 Å². The van der Waals surface area contributed by atoms with Crippen LogP contribution >= 0.6 is 0 Å². The SMILES string of the molecule is CCCC/C=C/CCCCCCC/C=C/CCCC(=O)O. The molecule has 0 bridgehead atoms. The van der Waals surface area contributed by atoms with Gasteiger partial charge in [0, 0.05) is 6.42 Å². The predicted octanol–water partition coefficient (Wildman–Crippen LogP) is 6.27. The van der Waals surface area contributed by atoms with Gasteiger partial charge in [0.1, 0.15) is 0 Å². The maximum atomic E-state index is 10.3. The molecule has 1 N–H and O–H groups in total. The minimum Gasteiger partial charge on any atom is -0.481 e. The first-order chi connectivity index (χ1) is 10.3. The standard InChI is InChI=1S/C19H34O2/c1-2-3-4-5-6-7-8-9-10-11-12-13-14-15-16-17-18-19(20)21/h5-6,14-15H,2-4,7-13,16-18H2,1H3,(H,20,21)/b6-5+,15-14+. The van der Waals surface area contributed by atoms with Gasteiger partial charge in [-0.05, 0) is 44.9 Å². The molecule has 0 aromatic carbocycles. The molecule has 0 rings (SSSR count). The van der Waals surface area contributed by atoms with Crippen molar-refractivity contribution >= 4 is 5.97 Å². The molecule has 0 amide bonds. The molecular formula is C19H34O2. The molecule has 0 unspecified atom stereocenters. The minimum atomic E-state index is -0.691. The molecular weight excluding hydrogens is 260 g/mol. The van der Waals surface area contributed by atoms with Crippen molar-refractivity contribution in [1.82, 2.24) is 0 Å². The van der Waals surface area contributed by atoms with E-state index in [9.17, 15) is 4.79 Å². The summed E-state index contributed by atoms with van der Waals surface area (Å²) >= 11 is 0. The molecule has 0 radical (unpaired) electrons. The lowest BCUT2D eigenvalue weighted by atomic mass is 10.1. The molecule has 0 aromatic rings. The predicted molar refractivity (Wildman–Crippen MR) is 91.6 cm³/mol. The Morgan fingerprint density at radius 1 is 0.714 bits per heavy atom. The number of carboxylic acid groups (broad SMARTS) is 1. The van der Waals surface area contributed by atoms with Crippen molar-refractivity contribution in [2.45, 2.75) is 90.4 Å². The van der Waals surface area contributed by atoms with Crippen molar-refractivity contribution < 1.29 is 9.90 Å². The van der Waals surface area contributed by atoms with Gasteiger partial charge in [-0.2, -0.15) is 0 Å². The van der Waals surface area contributed by atoms with Crippen molar-refractivity contribution in [3.05, 3.63) is 24.3 Å². The molecule has 0 aliphatic rings. The van der Waals surface area contributed by atoms with Crippen molar-refractivity contribution in [3.8, 4) is 0 Å². The van der Waals surface area contributed by atoms with Crippen molar-refractivity contribution in [2.24, 2.45) is 0 Å². The molecule has 2 nitrogen and oxygen atoms in total. The molecule has 122 valence electrons. The zero-order valence-electron chi connectivity index (χ0n) is 13.9. The summed E-state index contributed by atoms with van der Waals surface area (Å²) < 4.78 is 0. The lowest BCUT2D eigenvalue weighted by molar-refractivity contribution is -0.137. The van der Waals surface area contributed by atoms with E-state index in [1.54, 1.807) is 0 Å². The van der Waals surface area contributed by atoms with Crippen LogP contribution in [0.3, 0.4) is 0 Å². The summed E-state index contributed by atoms with van der Waals surface area (Å²) in [6.45, 7) is 2.24. The molecule has 0 saturated heterocycles. The largest absolute Gasteiger partial charge is 0.481 e. The van der Waals surface area contributed by atoms with Crippen molar-refractivity contribution in [3.63, 3.8) is 0 Å². The first-order valence-electron chi connectivity index (χ1n) is 8.79. The first-order valence-corrected chi connectivity index (χ1v) is 8.79. The van der Waals surface area contributed by atoms with Gasteiger partial charge >= 0.3 is 5.97 Å². The zero-order chi connectivity index (χ0) is 15.6. The third-order valence-electron chi connectivity index (χ3n) is 3.56. The fraction of sp³-hybridized carbons (Fsp3) is 0.737. The summed E-state index contributed by atoms with van der Waals surface area (Å²) in [6.07, 6.45) is 23.8. The Morgan fingerprint density at radius 2 is 1.14 bits per heavy atom. The fourth-order valence-corrected chi connectivity index (χ4v) is 2.22. The summed E-state index contributed by atoms with van der Waals surface area (Å²) in [7, 11) is 0. The molecule has 0 spiro atoms. The molecule has 0 aliphatic carbocycles. The van der Waals surface area contributed by atoms with Crippen LogP contribution in [0.25, 0.3) is 0 Å². The van der Waals surface area contributed by atoms with E-state index >= 15 is 0 Å². The average molecular weight is 294 g/mol. The van der Waals surface area contributed by atoms with Gasteiger partial charge in [-0.15, -0.1) is 0 Å². The van der Waals surface area contributed by atoms with Crippen LogP contribution in [0.1, 0.15) is 90.4 Å². The number of aliphatic carboxylic acids is 1. The van der Waals surface area contributed by atoms with Gasteiger partial charge in [-0.1, -0.05) is 63.3 Å². The number of unbranched alkanes of at least 4 members (excludes halogenated alkanes) is 9. The minimum absolute atomic E-state index is 0.289. The van der Waals surface area contributed by atoms with Gasteiger partial charge in [0.05, 0.1) is 0 Å². The highest BCUT2D eigenvalue weighted by Gasteiger charge is 1.93. The van der Waals surface area contributed by atoms with Gasteiger partial charge < -0.3 is 5.11 Å². The first kappa shape index (κ1) is 19.9. The van der Waals surface area contributed by atoms with Gasteiger partial charge in [0.25, 0.3) is 0 Å². The highest BCUT2D eigenvalue weighted by molar-refractivity contribution is 5.66. The number of hydrogen-bond donors (Lipinski definition) is 1. The van der Waals surface area contributed by atoms with E-state index < -0.39 is 5.97 Å². The van der Waals surface area contributed by atoms with E-state index in [2.05, 4.69) is 31.2 Å². The summed E-state index contributed by atoms with van der Waals surface area (Å²) in [5, 5.41) is 8.50. The second-order valence-electron chi connectivity index (χ2n) is 5.72. The number of hydrogen-bond acceptors (Lipinski definition) is 1. The Kier molecular flexibility index (Phi) is 16.2. The Morgan fingerprint density at radius 3 is 1.62 bits per heavy atom. The van der Waals surface area contributed by atoms with Crippen LogP contribution in [0, 0.1) is 0 Å². The third kappa shape index (κ3) is 18.9. The monoisotopic (exact) mass is 294 g/mol. The number of carbonyl (C=O) groups is 1. The highest BCUT2D eigenvalue weighted by Crippen LogP contribution is 2.09. The normalized spacial score (nSPS) is 11.7. The average Bonchev–Trinajstić information content (AvgIpc) is 2.46. The van der Waals surface area contributed by atoms with Crippen LogP contribution in [-0.4, -0.2) is 11.1 Å². The molecule has 2 heteroatoms. The van der Waals surface area contributed by atoms with Gasteiger partial charge in [-0.3, -0.25) is 4.79 Å². The summed E-state index contributed by atoms with van der Waals surface area (Å²) in [5.74, 6) is -0.691. The Bertz CT molecular complexity index is 279. The molecule has 0 aliphatic heterocycles. The Labute approximate surface area is 131 Å². The number of rotatable bonds is 15. The van der Waals surface area contributed by atoms with E-state index in [4.69, 9.17) is 5.11 Å². The third-order valence-corrected chi connectivity index (χ3v) is 3.56. The van der Waals surface area contributed by atoms with Gasteiger partial charge in [0.15, 0.2) is 0 Å².